The van der Waals surface area contributed by atoms with E-state index in [0.29, 0.717) is 17.7 Å². The van der Waals surface area contributed by atoms with Crippen molar-refractivity contribution in [3.63, 3.8) is 0 Å². The maximum atomic E-state index is 11.5. The van der Waals surface area contributed by atoms with Gasteiger partial charge >= 0.3 is 11.7 Å². The molecular formula is C13H11N3O5. The Balaban J connectivity index is 2.43. The van der Waals surface area contributed by atoms with Crippen molar-refractivity contribution in [2.24, 2.45) is 0 Å². The van der Waals surface area contributed by atoms with Gasteiger partial charge in [-0.1, -0.05) is 6.92 Å². The van der Waals surface area contributed by atoms with Crippen molar-refractivity contribution in [2.45, 2.75) is 13.3 Å². The fourth-order valence-corrected chi connectivity index (χ4v) is 1.79. The van der Waals surface area contributed by atoms with Crippen LogP contribution in [0.2, 0.25) is 0 Å². The van der Waals surface area contributed by atoms with Gasteiger partial charge in [0.25, 0.3) is 0 Å². The molecule has 1 N–H and O–H groups in total. The van der Waals surface area contributed by atoms with Crippen molar-refractivity contribution in [1.29, 1.82) is 0 Å². The molecule has 0 saturated heterocycles. The number of carboxylic acids is 1. The molecule has 1 aromatic heterocycles. The standard InChI is InChI=1S/C13H11N3O5/c1-2-11(17)8-3-5-9(6-4-8)15-7-10(16(20)21)12(14-15)13(18)19/h3-7H,2H2,1H3,(H,18,19). The molecule has 21 heavy (non-hydrogen) atoms. The minimum atomic E-state index is -1.47. The summed E-state index contributed by atoms with van der Waals surface area (Å²) >= 11 is 0. The predicted molar refractivity (Wildman–Crippen MR) is 71.8 cm³/mol. The summed E-state index contributed by atoms with van der Waals surface area (Å²) in [6, 6.07) is 6.22. The molecule has 0 atom stereocenters. The molecular weight excluding hydrogens is 278 g/mol. The Morgan fingerprint density at radius 1 is 1.33 bits per heavy atom. The Bertz CT molecular complexity index is 686. The zero-order valence-corrected chi connectivity index (χ0v) is 11.0. The lowest BCUT2D eigenvalue weighted by atomic mass is 10.1. The first-order valence-corrected chi connectivity index (χ1v) is 6.05. The number of aromatic carboxylic acids is 1. The highest BCUT2D eigenvalue weighted by molar-refractivity contribution is 5.96. The molecule has 1 aromatic carbocycles. The zero-order chi connectivity index (χ0) is 15.6. The van der Waals surface area contributed by atoms with E-state index in [-0.39, 0.29) is 5.78 Å². The number of rotatable bonds is 5. The van der Waals surface area contributed by atoms with E-state index in [1.807, 2.05) is 0 Å². The minimum Gasteiger partial charge on any atom is -0.476 e. The van der Waals surface area contributed by atoms with Crippen LogP contribution in [0.1, 0.15) is 34.2 Å². The Labute approximate surface area is 118 Å². The maximum Gasteiger partial charge on any atom is 0.363 e. The van der Waals surface area contributed by atoms with Crippen molar-refractivity contribution in [3.05, 3.63) is 51.8 Å². The lowest BCUT2D eigenvalue weighted by Crippen LogP contribution is -2.03. The maximum absolute atomic E-state index is 11.5. The number of benzene rings is 1. The van der Waals surface area contributed by atoms with Crippen molar-refractivity contribution in [1.82, 2.24) is 9.78 Å². The highest BCUT2D eigenvalue weighted by Gasteiger charge is 2.25. The second kappa shape index (κ2) is 5.53. The van der Waals surface area contributed by atoms with Crippen LogP contribution in [-0.4, -0.2) is 31.6 Å². The second-order valence-corrected chi connectivity index (χ2v) is 4.19. The highest BCUT2D eigenvalue weighted by Crippen LogP contribution is 2.20. The third kappa shape index (κ3) is 2.78. The first-order valence-electron chi connectivity index (χ1n) is 6.05. The molecule has 8 heteroatoms. The van der Waals surface area contributed by atoms with Crippen LogP contribution in [0.25, 0.3) is 5.69 Å². The van der Waals surface area contributed by atoms with E-state index in [2.05, 4.69) is 5.10 Å². The third-order valence-electron chi connectivity index (χ3n) is 2.87. The number of nitrogens with zero attached hydrogens (tertiary/aromatic N) is 3. The van der Waals surface area contributed by atoms with Gasteiger partial charge in [-0.3, -0.25) is 14.9 Å². The number of carbonyl (C=O) groups is 2. The van der Waals surface area contributed by atoms with E-state index in [1.165, 1.54) is 0 Å². The molecule has 0 unspecified atom stereocenters. The summed E-state index contributed by atoms with van der Waals surface area (Å²) in [5, 5.41) is 23.4. The normalized spacial score (nSPS) is 10.3. The van der Waals surface area contributed by atoms with Gasteiger partial charge in [0, 0.05) is 12.0 Å². The summed E-state index contributed by atoms with van der Waals surface area (Å²) in [4.78, 5) is 32.4. The lowest BCUT2D eigenvalue weighted by molar-refractivity contribution is -0.385. The molecule has 1 heterocycles. The molecule has 0 aliphatic carbocycles. The number of nitro groups is 1. The number of carbonyl (C=O) groups excluding carboxylic acids is 1. The minimum absolute atomic E-state index is 0.0285. The van der Waals surface area contributed by atoms with Crippen LogP contribution in [0, 0.1) is 10.1 Å². The van der Waals surface area contributed by atoms with Crippen molar-refractivity contribution < 1.29 is 19.6 Å². The number of hydrogen-bond donors (Lipinski definition) is 1. The van der Waals surface area contributed by atoms with Gasteiger partial charge in [-0.2, -0.15) is 5.10 Å². The fraction of sp³-hybridized carbons (Fsp3) is 0.154. The number of Topliss-reactive ketones (excluding diaryl/α,β-unsaturated/α-hetero) is 1. The van der Waals surface area contributed by atoms with E-state index in [0.717, 1.165) is 10.9 Å². The number of carboxylic acid groups (broad SMARTS) is 1. The number of hydrogen-bond acceptors (Lipinski definition) is 5. The summed E-state index contributed by atoms with van der Waals surface area (Å²) in [6.45, 7) is 1.74. The van der Waals surface area contributed by atoms with Crippen LogP contribution in [0.15, 0.2) is 30.5 Å². The number of aromatic nitrogens is 2. The molecule has 0 saturated carbocycles. The van der Waals surface area contributed by atoms with E-state index in [1.54, 1.807) is 31.2 Å². The molecule has 0 aliphatic rings. The second-order valence-electron chi connectivity index (χ2n) is 4.19. The first kappa shape index (κ1) is 14.4. The topological polar surface area (TPSA) is 115 Å². The molecule has 2 aromatic rings. The molecule has 0 amide bonds. The quantitative estimate of drug-likeness (QED) is 0.511. The molecule has 2 rings (SSSR count). The molecule has 108 valence electrons. The molecule has 0 radical (unpaired) electrons. The van der Waals surface area contributed by atoms with Gasteiger partial charge in [-0.15, -0.1) is 0 Å². The SMILES string of the molecule is CCC(=O)c1ccc(-n2cc([N+](=O)[O-])c(C(=O)O)n2)cc1. The summed E-state index contributed by atoms with van der Waals surface area (Å²) in [6.07, 6.45) is 1.40. The van der Waals surface area contributed by atoms with Gasteiger partial charge in [0.1, 0.15) is 6.20 Å². The summed E-state index contributed by atoms with van der Waals surface area (Å²) in [5.74, 6) is -1.50. The van der Waals surface area contributed by atoms with Gasteiger partial charge in [-0.05, 0) is 24.3 Å². The van der Waals surface area contributed by atoms with E-state index < -0.39 is 22.3 Å². The van der Waals surface area contributed by atoms with Gasteiger partial charge in [-0.25, -0.2) is 9.48 Å². The predicted octanol–water partition coefficient (Wildman–Crippen LogP) is 2.07. The largest absolute Gasteiger partial charge is 0.476 e. The van der Waals surface area contributed by atoms with Crippen LogP contribution < -0.4 is 0 Å². The Morgan fingerprint density at radius 2 is 1.95 bits per heavy atom. The van der Waals surface area contributed by atoms with E-state index >= 15 is 0 Å². The first-order chi connectivity index (χ1) is 9.93. The average molecular weight is 289 g/mol. The van der Waals surface area contributed by atoms with Gasteiger partial charge in [0.15, 0.2) is 5.78 Å². The average Bonchev–Trinajstić information content (AvgIpc) is 2.92. The van der Waals surface area contributed by atoms with Crippen molar-refractivity contribution in [3.8, 4) is 5.69 Å². The van der Waals surface area contributed by atoms with Crippen molar-refractivity contribution >= 4 is 17.4 Å². The Morgan fingerprint density at radius 3 is 2.38 bits per heavy atom. The van der Waals surface area contributed by atoms with Gasteiger partial charge in [0.2, 0.25) is 5.69 Å². The van der Waals surface area contributed by atoms with E-state index in [4.69, 9.17) is 5.11 Å². The Kier molecular flexibility index (Phi) is 3.79. The zero-order valence-electron chi connectivity index (χ0n) is 11.0. The van der Waals surface area contributed by atoms with Crippen LogP contribution in [-0.2, 0) is 0 Å². The van der Waals surface area contributed by atoms with Gasteiger partial charge in [0.05, 0.1) is 10.6 Å². The molecule has 0 fully saturated rings. The molecule has 0 aliphatic heterocycles. The molecule has 0 bridgehead atoms. The highest BCUT2D eigenvalue weighted by atomic mass is 16.6. The van der Waals surface area contributed by atoms with Gasteiger partial charge < -0.3 is 5.11 Å². The third-order valence-corrected chi connectivity index (χ3v) is 2.87. The summed E-state index contributed by atoms with van der Waals surface area (Å²) in [5.41, 5.74) is -0.274. The Hall–Kier alpha value is -3.03. The molecule has 8 nitrogen and oxygen atoms in total. The summed E-state index contributed by atoms with van der Waals surface area (Å²) in [7, 11) is 0. The smallest absolute Gasteiger partial charge is 0.363 e. The van der Waals surface area contributed by atoms with Crippen molar-refractivity contribution in [2.75, 3.05) is 0 Å². The van der Waals surface area contributed by atoms with Crippen LogP contribution in [0.3, 0.4) is 0 Å². The van der Waals surface area contributed by atoms with Crippen LogP contribution >= 0.6 is 0 Å². The summed E-state index contributed by atoms with van der Waals surface area (Å²) < 4.78 is 1.10. The lowest BCUT2D eigenvalue weighted by Gasteiger charge is -2.02. The van der Waals surface area contributed by atoms with E-state index in [9.17, 15) is 19.7 Å². The fourth-order valence-electron chi connectivity index (χ4n) is 1.79. The monoisotopic (exact) mass is 289 g/mol. The van der Waals surface area contributed by atoms with Crippen LogP contribution in [0.4, 0.5) is 5.69 Å². The number of ketones is 1. The molecule has 0 spiro atoms. The van der Waals surface area contributed by atoms with Crippen LogP contribution in [0.5, 0.6) is 0 Å².